The molecule has 1 unspecified atom stereocenters. The summed E-state index contributed by atoms with van der Waals surface area (Å²) >= 11 is 11.4. The van der Waals surface area contributed by atoms with Crippen molar-refractivity contribution in [3.63, 3.8) is 0 Å². The van der Waals surface area contributed by atoms with Crippen LogP contribution in [0.3, 0.4) is 0 Å². The van der Waals surface area contributed by atoms with Gasteiger partial charge in [0.1, 0.15) is 5.82 Å². The number of benzene rings is 2. The molecule has 0 aliphatic carbocycles. The van der Waals surface area contributed by atoms with Gasteiger partial charge in [0.05, 0.1) is 9.85 Å². The molecule has 0 N–H and O–H groups in total. The van der Waals surface area contributed by atoms with Gasteiger partial charge in [0.15, 0.2) is 0 Å². The highest BCUT2D eigenvalue weighted by atomic mass is 79.9. The quantitative estimate of drug-likeness (QED) is 0.485. The molecule has 1 atom stereocenters. The molecule has 1 heterocycles. The van der Waals surface area contributed by atoms with Crippen LogP contribution in [0.4, 0.5) is 4.39 Å². The van der Waals surface area contributed by atoms with E-state index in [0.717, 1.165) is 10.4 Å². The Kier molecular flexibility index (Phi) is 3.61. The fourth-order valence-corrected chi connectivity index (χ4v) is 3.76. The van der Waals surface area contributed by atoms with Gasteiger partial charge in [0.2, 0.25) is 0 Å². The zero-order valence-electron chi connectivity index (χ0n) is 9.74. The van der Waals surface area contributed by atoms with Crippen LogP contribution in [0, 0.1) is 5.82 Å². The fraction of sp³-hybridized carbons (Fsp3) is 0.0667. The second-order valence-electron chi connectivity index (χ2n) is 4.22. The highest BCUT2D eigenvalue weighted by molar-refractivity contribution is 9.10. The molecule has 3 aromatic rings. The van der Waals surface area contributed by atoms with E-state index in [1.807, 2.05) is 12.1 Å². The van der Waals surface area contributed by atoms with Crippen LogP contribution in [0.2, 0.25) is 0 Å². The van der Waals surface area contributed by atoms with E-state index < -0.39 is 0 Å². The van der Waals surface area contributed by atoms with Gasteiger partial charge in [0.25, 0.3) is 0 Å². The van der Waals surface area contributed by atoms with Gasteiger partial charge in [-0.25, -0.2) is 4.39 Å². The van der Waals surface area contributed by atoms with E-state index in [0.29, 0.717) is 4.47 Å². The summed E-state index contributed by atoms with van der Waals surface area (Å²) < 4.78 is 14.9. The standard InChI is InChI=1S/C15H9BrClFS/c16-11-7-10(5-6-12(11)18)15(17)14-8-9-3-1-2-4-13(9)19-14/h1-8,15H. The number of halogens is 3. The lowest BCUT2D eigenvalue weighted by atomic mass is 10.1. The predicted octanol–water partition coefficient (Wildman–Crippen LogP) is 6.13. The second-order valence-corrected chi connectivity index (χ2v) is 6.63. The van der Waals surface area contributed by atoms with Gasteiger partial charge < -0.3 is 0 Å². The smallest absolute Gasteiger partial charge is 0.137 e. The van der Waals surface area contributed by atoms with Crippen LogP contribution in [-0.4, -0.2) is 0 Å². The Morgan fingerprint density at radius 1 is 1.11 bits per heavy atom. The van der Waals surface area contributed by atoms with Crippen molar-refractivity contribution in [1.82, 2.24) is 0 Å². The summed E-state index contributed by atoms with van der Waals surface area (Å²) in [6.07, 6.45) is 0. The summed E-state index contributed by atoms with van der Waals surface area (Å²) in [6.45, 7) is 0. The minimum Gasteiger partial charge on any atom is -0.206 e. The summed E-state index contributed by atoms with van der Waals surface area (Å²) in [6, 6.07) is 15.2. The van der Waals surface area contributed by atoms with Crippen molar-refractivity contribution < 1.29 is 4.39 Å². The van der Waals surface area contributed by atoms with Crippen LogP contribution in [0.1, 0.15) is 15.8 Å². The number of thiophene rings is 1. The van der Waals surface area contributed by atoms with E-state index in [4.69, 9.17) is 11.6 Å². The van der Waals surface area contributed by atoms with Crippen molar-refractivity contribution in [2.24, 2.45) is 0 Å². The average molecular weight is 356 g/mol. The third-order valence-electron chi connectivity index (χ3n) is 2.93. The van der Waals surface area contributed by atoms with Gasteiger partial charge in [-0.3, -0.25) is 0 Å². The van der Waals surface area contributed by atoms with Gasteiger partial charge in [-0.05, 0) is 51.1 Å². The van der Waals surface area contributed by atoms with Gasteiger partial charge in [0, 0.05) is 9.58 Å². The minimum absolute atomic E-state index is 0.255. The second kappa shape index (κ2) is 5.23. The zero-order valence-corrected chi connectivity index (χ0v) is 12.9. The van der Waals surface area contributed by atoms with Crippen LogP contribution >= 0.6 is 38.9 Å². The first-order valence-corrected chi connectivity index (χ1v) is 7.77. The van der Waals surface area contributed by atoms with Crippen molar-refractivity contribution in [3.05, 3.63) is 69.3 Å². The number of hydrogen-bond donors (Lipinski definition) is 0. The number of hydrogen-bond acceptors (Lipinski definition) is 1. The molecule has 0 amide bonds. The van der Waals surface area contributed by atoms with Gasteiger partial charge in [-0.1, -0.05) is 24.3 Å². The number of rotatable bonds is 2. The predicted molar refractivity (Wildman–Crippen MR) is 83.6 cm³/mol. The molecule has 0 spiro atoms. The lowest BCUT2D eigenvalue weighted by Gasteiger charge is -2.08. The Morgan fingerprint density at radius 2 is 1.89 bits per heavy atom. The SMILES string of the molecule is Fc1ccc(C(Cl)c2cc3ccccc3s2)cc1Br. The monoisotopic (exact) mass is 354 g/mol. The molecule has 0 radical (unpaired) electrons. The van der Waals surface area contributed by atoms with Crippen LogP contribution in [0.25, 0.3) is 10.1 Å². The maximum atomic E-state index is 13.2. The van der Waals surface area contributed by atoms with Crippen LogP contribution in [-0.2, 0) is 0 Å². The molecule has 0 aliphatic heterocycles. The first-order valence-electron chi connectivity index (χ1n) is 5.72. The zero-order chi connectivity index (χ0) is 13.4. The molecule has 0 saturated carbocycles. The Labute approximate surface area is 128 Å². The van der Waals surface area contributed by atoms with Crippen LogP contribution < -0.4 is 0 Å². The topological polar surface area (TPSA) is 0 Å². The first-order chi connectivity index (χ1) is 9.15. The van der Waals surface area contributed by atoms with E-state index in [9.17, 15) is 4.39 Å². The molecular weight excluding hydrogens is 347 g/mol. The maximum absolute atomic E-state index is 13.2. The maximum Gasteiger partial charge on any atom is 0.137 e. The van der Waals surface area contributed by atoms with Crippen molar-refractivity contribution in [3.8, 4) is 0 Å². The molecule has 0 aliphatic rings. The number of fused-ring (bicyclic) bond motifs is 1. The van der Waals surface area contributed by atoms with Crippen LogP contribution in [0.5, 0.6) is 0 Å². The van der Waals surface area contributed by atoms with E-state index in [-0.39, 0.29) is 11.2 Å². The summed E-state index contributed by atoms with van der Waals surface area (Å²) in [5, 5.41) is 0.934. The average Bonchev–Trinajstić information content (AvgIpc) is 2.85. The van der Waals surface area contributed by atoms with Crippen molar-refractivity contribution in [2.75, 3.05) is 0 Å². The summed E-state index contributed by atoms with van der Waals surface area (Å²) in [5.41, 5.74) is 0.890. The van der Waals surface area contributed by atoms with E-state index in [2.05, 4.69) is 34.1 Å². The van der Waals surface area contributed by atoms with E-state index in [1.165, 1.54) is 16.2 Å². The van der Waals surface area contributed by atoms with Gasteiger partial charge in [-0.15, -0.1) is 22.9 Å². The van der Waals surface area contributed by atoms with Crippen molar-refractivity contribution >= 4 is 49.0 Å². The molecule has 19 heavy (non-hydrogen) atoms. The van der Waals surface area contributed by atoms with Gasteiger partial charge in [-0.2, -0.15) is 0 Å². The Hall–Kier alpha value is -0.900. The van der Waals surface area contributed by atoms with E-state index in [1.54, 1.807) is 23.5 Å². The Morgan fingerprint density at radius 3 is 2.63 bits per heavy atom. The first kappa shape index (κ1) is 13.1. The molecule has 4 heteroatoms. The molecule has 3 rings (SSSR count). The van der Waals surface area contributed by atoms with Gasteiger partial charge >= 0.3 is 0 Å². The third kappa shape index (κ3) is 2.55. The fourth-order valence-electron chi connectivity index (χ4n) is 1.96. The molecule has 96 valence electrons. The summed E-state index contributed by atoms with van der Waals surface area (Å²) in [5.74, 6) is -0.274. The number of alkyl halides is 1. The van der Waals surface area contributed by atoms with Crippen molar-refractivity contribution in [1.29, 1.82) is 0 Å². The van der Waals surface area contributed by atoms with Crippen molar-refractivity contribution in [2.45, 2.75) is 5.38 Å². The highest BCUT2D eigenvalue weighted by Gasteiger charge is 2.15. The molecule has 0 nitrogen and oxygen atoms in total. The van der Waals surface area contributed by atoms with Crippen LogP contribution in [0.15, 0.2) is 53.0 Å². The molecule has 2 aromatic carbocycles. The summed E-state index contributed by atoms with van der Waals surface area (Å²) in [7, 11) is 0. The van der Waals surface area contributed by atoms with E-state index >= 15 is 0 Å². The summed E-state index contributed by atoms with van der Waals surface area (Å²) in [4.78, 5) is 1.07. The Bertz CT molecular complexity index is 705. The molecule has 1 aromatic heterocycles. The third-order valence-corrected chi connectivity index (χ3v) is 5.34. The molecular formula is C15H9BrClFS. The Balaban J connectivity index is 2.02. The molecule has 0 bridgehead atoms. The largest absolute Gasteiger partial charge is 0.206 e. The highest BCUT2D eigenvalue weighted by Crippen LogP contribution is 2.37. The minimum atomic E-state index is -0.274. The lowest BCUT2D eigenvalue weighted by Crippen LogP contribution is -1.91. The lowest BCUT2D eigenvalue weighted by molar-refractivity contribution is 0.620. The normalized spacial score (nSPS) is 12.8. The molecule has 0 saturated heterocycles. The molecule has 0 fully saturated rings.